The van der Waals surface area contributed by atoms with E-state index in [1.54, 1.807) is 6.07 Å². The number of furan rings is 1. The summed E-state index contributed by atoms with van der Waals surface area (Å²) in [5, 5.41) is 3.48. The number of amides is 1. The molecule has 1 unspecified atom stereocenters. The van der Waals surface area contributed by atoms with Gasteiger partial charge in [-0.05, 0) is 36.1 Å². The first-order valence-electron chi connectivity index (χ1n) is 5.57. The molecule has 1 atom stereocenters. The maximum absolute atomic E-state index is 11.4. The molecule has 1 aromatic rings. The van der Waals surface area contributed by atoms with Crippen molar-refractivity contribution in [1.29, 1.82) is 0 Å². The number of rotatable bonds is 3. The number of carbonyl (C=O) groups excluding carboxylic acids is 1. The molecule has 88 valence electrons. The second-order valence-corrected chi connectivity index (χ2v) is 5.11. The number of halogens is 1. The third-order valence-electron chi connectivity index (χ3n) is 3.41. The van der Waals surface area contributed by atoms with Gasteiger partial charge in [-0.15, -0.1) is 0 Å². The zero-order valence-electron chi connectivity index (χ0n) is 9.55. The van der Waals surface area contributed by atoms with Crippen molar-refractivity contribution < 1.29 is 9.21 Å². The minimum absolute atomic E-state index is 0.131. The van der Waals surface area contributed by atoms with Crippen LogP contribution in [-0.4, -0.2) is 11.4 Å². The summed E-state index contributed by atoms with van der Waals surface area (Å²) in [5.41, 5.74) is -0.168. The molecule has 0 bridgehead atoms. The van der Waals surface area contributed by atoms with Gasteiger partial charge in [0.1, 0.15) is 5.76 Å². The van der Waals surface area contributed by atoms with Gasteiger partial charge < -0.3 is 9.73 Å². The molecule has 2 rings (SSSR count). The van der Waals surface area contributed by atoms with E-state index in [2.05, 4.69) is 19.2 Å². The Labute approximate surface area is 100 Å². The van der Waals surface area contributed by atoms with Gasteiger partial charge in [-0.1, -0.05) is 13.8 Å². The van der Waals surface area contributed by atoms with E-state index in [9.17, 15) is 4.79 Å². The van der Waals surface area contributed by atoms with Crippen LogP contribution in [0.3, 0.4) is 0 Å². The van der Waals surface area contributed by atoms with Gasteiger partial charge >= 0.3 is 0 Å². The highest BCUT2D eigenvalue weighted by molar-refractivity contribution is 6.28. The highest BCUT2D eigenvalue weighted by atomic mass is 35.5. The Hall–Kier alpha value is -0.960. The quantitative estimate of drug-likeness (QED) is 0.884. The van der Waals surface area contributed by atoms with E-state index in [4.69, 9.17) is 16.0 Å². The summed E-state index contributed by atoms with van der Waals surface area (Å²) in [6.07, 6.45) is 2.18. The van der Waals surface area contributed by atoms with Crippen molar-refractivity contribution in [2.75, 3.05) is 0 Å². The molecule has 1 aliphatic rings. The fraction of sp³-hybridized carbons (Fsp3) is 0.583. The molecule has 4 heteroatoms. The highest BCUT2D eigenvalue weighted by Crippen LogP contribution is 2.32. The first-order chi connectivity index (χ1) is 7.52. The van der Waals surface area contributed by atoms with Crippen molar-refractivity contribution in [3.8, 4) is 0 Å². The molecule has 1 aliphatic heterocycles. The zero-order valence-corrected chi connectivity index (χ0v) is 10.3. The molecule has 1 fully saturated rings. The zero-order chi connectivity index (χ0) is 11.8. The van der Waals surface area contributed by atoms with Crippen LogP contribution >= 0.6 is 11.6 Å². The van der Waals surface area contributed by atoms with Crippen LogP contribution in [-0.2, 0) is 11.2 Å². The first kappa shape index (κ1) is 11.5. The second-order valence-electron chi connectivity index (χ2n) is 4.74. The van der Waals surface area contributed by atoms with Gasteiger partial charge in [-0.25, -0.2) is 0 Å². The van der Waals surface area contributed by atoms with E-state index < -0.39 is 0 Å². The monoisotopic (exact) mass is 241 g/mol. The van der Waals surface area contributed by atoms with E-state index in [0.717, 1.165) is 12.2 Å². The number of carbonyl (C=O) groups is 1. The molecule has 0 spiro atoms. The molecule has 0 saturated carbocycles. The van der Waals surface area contributed by atoms with E-state index in [0.29, 0.717) is 24.0 Å². The normalized spacial score (nSPS) is 25.1. The molecule has 1 aromatic heterocycles. The average Bonchev–Trinajstić information content (AvgIpc) is 2.75. The first-order valence-corrected chi connectivity index (χ1v) is 5.95. The average molecular weight is 242 g/mol. The largest absolute Gasteiger partial charge is 0.450 e. The van der Waals surface area contributed by atoms with Gasteiger partial charge in [-0.2, -0.15) is 0 Å². The summed E-state index contributed by atoms with van der Waals surface area (Å²) in [7, 11) is 0. The smallest absolute Gasteiger partial charge is 0.220 e. The standard InChI is InChI=1S/C12H16ClNO2/c1-8(2)12(6-5-11(15)14-12)7-9-3-4-10(13)16-9/h3-4,8H,5-7H2,1-2H3,(H,14,15). The van der Waals surface area contributed by atoms with Gasteiger partial charge in [0.05, 0.1) is 0 Å². The van der Waals surface area contributed by atoms with Crippen LogP contribution in [0.15, 0.2) is 16.5 Å². The maximum Gasteiger partial charge on any atom is 0.220 e. The summed E-state index contributed by atoms with van der Waals surface area (Å²) in [5.74, 6) is 1.34. The van der Waals surface area contributed by atoms with Crippen LogP contribution < -0.4 is 5.32 Å². The summed E-state index contributed by atoms with van der Waals surface area (Å²) in [6, 6.07) is 3.61. The highest BCUT2D eigenvalue weighted by Gasteiger charge is 2.41. The number of hydrogen-bond acceptors (Lipinski definition) is 2. The van der Waals surface area contributed by atoms with Crippen molar-refractivity contribution in [3.63, 3.8) is 0 Å². The van der Waals surface area contributed by atoms with Crippen LogP contribution in [0.5, 0.6) is 0 Å². The fourth-order valence-corrected chi connectivity index (χ4v) is 2.43. The van der Waals surface area contributed by atoms with E-state index in [1.165, 1.54) is 0 Å². The van der Waals surface area contributed by atoms with Gasteiger partial charge in [0.2, 0.25) is 5.91 Å². The van der Waals surface area contributed by atoms with Crippen molar-refractivity contribution in [1.82, 2.24) is 5.32 Å². The molecule has 1 N–H and O–H groups in total. The molecule has 3 nitrogen and oxygen atoms in total. The minimum atomic E-state index is -0.168. The summed E-state index contributed by atoms with van der Waals surface area (Å²) in [4.78, 5) is 11.4. The van der Waals surface area contributed by atoms with Crippen LogP contribution in [0.25, 0.3) is 0 Å². The Bertz CT molecular complexity index is 399. The van der Waals surface area contributed by atoms with Crippen molar-refractivity contribution in [3.05, 3.63) is 23.1 Å². The van der Waals surface area contributed by atoms with Crippen LogP contribution in [0, 0.1) is 5.92 Å². The molecule has 0 radical (unpaired) electrons. The SMILES string of the molecule is CC(C)C1(Cc2ccc(Cl)o2)CCC(=O)N1. The lowest BCUT2D eigenvalue weighted by molar-refractivity contribution is -0.120. The number of nitrogens with one attached hydrogen (secondary N) is 1. The Morgan fingerprint density at radius 2 is 2.31 bits per heavy atom. The summed E-state index contributed by atoms with van der Waals surface area (Å²) in [6.45, 7) is 4.24. The molecule has 1 saturated heterocycles. The minimum Gasteiger partial charge on any atom is -0.450 e. The molecule has 1 amide bonds. The topological polar surface area (TPSA) is 42.2 Å². The lowest BCUT2D eigenvalue weighted by Crippen LogP contribution is -2.48. The summed E-state index contributed by atoms with van der Waals surface area (Å²) >= 11 is 5.75. The van der Waals surface area contributed by atoms with Gasteiger partial charge in [0.25, 0.3) is 0 Å². The van der Waals surface area contributed by atoms with Gasteiger partial charge in [-0.3, -0.25) is 4.79 Å². The van der Waals surface area contributed by atoms with Crippen LogP contribution in [0.2, 0.25) is 5.22 Å². The third-order valence-corrected chi connectivity index (χ3v) is 3.61. The molecule has 16 heavy (non-hydrogen) atoms. The molecule has 0 aliphatic carbocycles. The van der Waals surface area contributed by atoms with Crippen molar-refractivity contribution in [2.45, 2.75) is 38.6 Å². The van der Waals surface area contributed by atoms with Crippen molar-refractivity contribution >= 4 is 17.5 Å². The second kappa shape index (κ2) is 4.13. The van der Waals surface area contributed by atoms with Crippen LogP contribution in [0.1, 0.15) is 32.4 Å². The Morgan fingerprint density at radius 3 is 2.75 bits per heavy atom. The van der Waals surface area contributed by atoms with Gasteiger partial charge in [0.15, 0.2) is 5.22 Å². The predicted molar refractivity (Wildman–Crippen MR) is 62.4 cm³/mol. The fourth-order valence-electron chi connectivity index (χ4n) is 2.27. The molecular weight excluding hydrogens is 226 g/mol. The number of hydrogen-bond donors (Lipinski definition) is 1. The summed E-state index contributed by atoms with van der Waals surface area (Å²) < 4.78 is 5.37. The van der Waals surface area contributed by atoms with Crippen LogP contribution in [0.4, 0.5) is 0 Å². The third kappa shape index (κ3) is 2.09. The molecular formula is C12H16ClNO2. The van der Waals surface area contributed by atoms with E-state index in [-0.39, 0.29) is 11.4 Å². The predicted octanol–water partition coefficient (Wildman–Crippen LogP) is 2.78. The molecule has 0 aromatic carbocycles. The lowest BCUT2D eigenvalue weighted by atomic mass is 9.81. The Kier molecular flexibility index (Phi) is 2.98. The van der Waals surface area contributed by atoms with Gasteiger partial charge in [0, 0.05) is 18.4 Å². The van der Waals surface area contributed by atoms with E-state index >= 15 is 0 Å². The molecule has 2 heterocycles. The Morgan fingerprint density at radius 1 is 1.56 bits per heavy atom. The van der Waals surface area contributed by atoms with E-state index in [1.807, 2.05) is 6.07 Å². The lowest BCUT2D eigenvalue weighted by Gasteiger charge is -2.32. The van der Waals surface area contributed by atoms with Crippen molar-refractivity contribution in [2.24, 2.45) is 5.92 Å². The maximum atomic E-state index is 11.4. The Balaban J connectivity index is 2.18.